The summed E-state index contributed by atoms with van der Waals surface area (Å²) >= 11 is 0. The SMILES string of the molecule is CO/N=C1/C=C2CCC3C(CCC4(C)C3CCC4(O[Si](C)(C)C)C(CO[Si](C)(C)C)O[Si](C)(C)C)C2(C)CC1. The number of hydrogen-bond donors (Lipinski definition) is 0. The quantitative estimate of drug-likeness (QED) is 0.198. The number of oxime groups is 1. The van der Waals surface area contributed by atoms with Crippen LogP contribution in [0.4, 0.5) is 0 Å². The Kier molecular flexibility index (Phi) is 8.76. The van der Waals surface area contributed by atoms with Gasteiger partial charge < -0.3 is 18.1 Å². The van der Waals surface area contributed by atoms with Crippen molar-refractivity contribution < 1.29 is 18.1 Å². The first kappa shape index (κ1) is 31.7. The lowest BCUT2D eigenvalue weighted by Crippen LogP contribution is -2.65. The fraction of sp³-hybridized carbons (Fsp3) is 0.903. The second kappa shape index (κ2) is 10.8. The summed E-state index contributed by atoms with van der Waals surface area (Å²) in [4.78, 5) is 5.15. The van der Waals surface area contributed by atoms with E-state index < -0.39 is 25.0 Å². The second-order valence-electron chi connectivity index (χ2n) is 16.5. The third-order valence-electron chi connectivity index (χ3n) is 10.5. The molecular formula is C31H59NO4Si3. The van der Waals surface area contributed by atoms with E-state index in [-0.39, 0.29) is 22.5 Å². The van der Waals surface area contributed by atoms with Gasteiger partial charge in [-0.2, -0.15) is 0 Å². The summed E-state index contributed by atoms with van der Waals surface area (Å²) in [5.74, 6) is 2.18. The largest absolute Gasteiger partial charge is 0.415 e. The lowest BCUT2D eigenvalue weighted by atomic mass is 9.46. The summed E-state index contributed by atoms with van der Waals surface area (Å²) in [5, 5.41) is 4.32. The zero-order valence-corrected chi connectivity index (χ0v) is 30.3. The predicted octanol–water partition coefficient (Wildman–Crippen LogP) is 8.61. The van der Waals surface area contributed by atoms with Gasteiger partial charge >= 0.3 is 0 Å². The van der Waals surface area contributed by atoms with Crippen molar-refractivity contribution in [3.05, 3.63) is 11.6 Å². The maximum Gasteiger partial charge on any atom is 0.184 e. The summed E-state index contributed by atoms with van der Waals surface area (Å²) in [7, 11) is -3.75. The van der Waals surface area contributed by atoms with E-state index in [0.717, 1.165) is 30.4 Å². The van der Waals surface area contributed by atoms with Gasteiger partial charge in [-0.3, -0.25) is 0 Å². The molecule has 0 heterocycles. The van der Waals surface area contributed by atoms with Gasteiger partial charge in [-0.1, -0.05) is 24.6 Å². The van der Waals surface area contributed by atoms with E-state index in [2.05, 4.69) is 84.0 Å². The van der Waals surface area contributed by atoms with Gasteiger partial charge in [0.25, 0.3) is 0 Å². The predicted molar refractivity (Wildman–Crippen MR) is 171 cm³/mol. The monoisotopic (exact) mass is 593 g/mol. The van der Waals surface area contributed by atoms with Crippen molar-refractivity contribution >= 4 is 30.7 Å². The highest BCUT2D eigenvalue weighted by Crippen LogP contribution is 2.69. The average Bonchev–Trinajstić information content (AvgIpc) is 3.07. The first-order valence-electron chi connectivity index (χ1n) is 15.7. The molecule has 3 fully saturated rings. The van der Waals surface area contributed by atoms with Crippen molar-refractivity contribution in [2.75, 3.05) is 13.7 Å². The van der Waals surface area contributed by atoms with Crippen LogP contribution in [0.1, 0.15) is 65.2 Å². The van der Waals surface area contributed by atoms with Crippen molar-refractivity contribution in [2.24, 2.45) is 33.7 Å². The minimum atomic E-state index is -1.88. The molecule has 4 aliphatic rings. The van der Waals surface area contributed by atoms with Crippen molar-refractivity contribution in [1.29, 1.82) is 0 Å². The third-order valence-corrected chi connectivity index (χ3v) is 13.5. The summed E-state index contributed by atoms with van der Waals surface area (Å²) in [6.07, 6.45) is 12.0. The minimum absolute atomic E-state index is 0.00583. The first-order chi connectivity index (χ1) is 17.8. The molecule has 4 aliphatic carbocycles. The molecule has 7 unspecified atom stereocenters. The molecule has 0 radical (unpaired) electrons. The Balaban J connectivity index is 1.72. The summed E-state index contributed by atoms with van der Waals surface area (Å²) in [6, 6.07) is 0. The van der Waals surface area contributed by atoms with Crippen LogP contribution in [-0.4, -0.2) is 56.1 Å². The van der Waals surface area contributed by atoms with E-state index >= 15 is 0 Å². The number of allylic oxidation sites excluding steroid dienone is 2. The van der Waals surface area contributed by atoms with Crippen LogP contribution in [-0.2, 0) is 18.1 Å². The van der Waals surface area contributed by atoms with Gasteiger partial charge in [-0.05, 0) is 140 Å². The average molecular weight is 594 g/mol. The van der Waals surface area contributed by atoms with Gasteiger partial charge in [-0.25, -0.2) is 0 Å². The Morgan fingerprint density at radius 3 is 2.10 bits per heavy atom. The smallest absolute Gasteiger partial charge is 0.184 e. The van der Waals surface area contributed by atoms with Crippen LogP contribution in [0.2, 0.25) is 58.9 Å². The van der Waals surface area contributed by atoms with E-state index in [1.807, 2.05) is 0 Å². The fourth-order valence-electron chi connectivity index (χ4n) is 9.12. The zero-order chi connectivity index (χ0) is 29.1. The molecule has 0 bridgehead atoms. The number of rotatable bonds is 9. The fourth-order valence-corrected chi connectivity index (χ4v) is 12.4. The highest BCUT2D eigenvalue weighted by molar-refractivity contribution is 6.70. The van der Waals surface area contributed by atoms with Crippen molar-refractivity contribution in [2.45, 2.75) is 136 Å². The van der Waals surface area contributed by atoms with E-state index in [1.54, 1.807) is 12.7 Å². The maximum atomic E-state index is 7.52. The molecule has 7 atom stereocenters. The molecule has 39 heavy (non-hydrogen) atoms. The van der Waals surface area contributed by atoms with Gasteiger partial charge in [0.15, 0.2) is 25.0 Å². The molecule has 0 spiro atoms. The van der Waals surface area contributed by atoms with E-state index in [1.165, 1.54) is 38.5 Å². The normalized spacial score (nSPS) is 39.0. The van der Waals surface area contributed by atoms with Crippen molar-refractivity contribution in [3.8, 4) is 0 Å². The number of fused-ring (bicyclic) bond motifs is 5. The summed E-state index contributed by atoms with van der Waals surface area (Å²) in [5.41, 5.74) is 2.88. The van der Waals surface area contributed by atoms with Crippen LogP contribution in [0.3, 0.4) is 0 Å². The van der Waals surface area contributed by atoms with Gasteiger partial charge in [0.1, 0.15) is 7.11 Å². The molecule has 0 aromatic carbocycles. The van der Waals surface area contributed by atoms with E-state index in [9.17, 15) is 0 Å². The summed E-state index contributed by atoms with van der Waals surface area (Å²) < 4.78 is 21.4. The van der Waals surface area contributed by atoms with E-state index in [0.29, 0.717) is 12.5 Å². The number of hydrogen-bond acceptors (Lipinski definition) is 5. The van der Waals surface area contributed by atoms with E-state index in [4.69, 9.17) is 18.1 Å². The number of nitrogens with zero attached hydrogens (tertiary/aromatic N) is 1. The molecule has 224 valence electrons. The Bertz CT molecular complexity index is 964. The van der Waals surface area contributed by atoms with Crippen LogP contribution >= 0.6 is 0 Å². The molecule has 8 heteroatoms. The Labute approximate surface area is 243 Å². The Morgan fingerprint density at radius 2 is 1.51 bits per heavy atom. The zero-order valence-electron chi connectivity index (χ0n) is 27.3. The lowest BCUT2D eigenvalue weighted by molar-refractivity contribution is -0.167. The highest BCUT2D eigenvalue weighted by Gasteiger charge is 2.68. The molecule has 0 aliphatic heterocycles. The van der Waals surface area contributed by atoms with Crippen molar-refractivity contribution in [3.63, 3.8) is 0 Å². The molecule has 0 aromatic rings. The second-order valence-corrected chi connectivity index (χ2v) is 29.9. The van der Waals surface area contributed by atoms with Crippen LogP contribution in [0.15, 0.2) is 16.8 Å². The van der Waals surface area contributed by atoms with Gasteiger partial charge in [0.2, 0.25) is 0 Å². The highest BCUT2D eigenvalue weighted by atomic mass is 28.4. The molecule has 3 saturated carbocycles. The molecule has 0 N–H and O–H groups in total. The molecule has 0 saturated heterocycles. The first-order valence-corrected chi connectivity index (χ1v) is 25.9. The molecule has 5 nitrogen and oxygen atoms in total. The van der Waals surface area contributed by atoms with Gasteiger partial charge in [-0.15, -0.1) is 0 Å². The van der Waals surface area contributed by atoms with Crippen LogP contribution in [0.5, 0.6) is 0 Å². The molecule has 4 rings (SSSR count). The molecule has 0 aromatic heterocycles. The van der Waals surface area contributed by atoms with Crippen molar-refractivity contribution in [1.82, 2.24) is 0 Å². The molecular weight excluding hydrogens is 535 g/mol. The lowest BCUT2D eigenvalue weighted by Gasteiger charge is -2.62. The standard InChI is InChI=1S/C31H59NO4Si3/c1-29-18-15-24(32-33-3)21-23(29)13-14-25-26(29)16-19-30(2)27(25)17-20-31(30,36-39(10,11)12)28(35-38(7,8)9)22-34-37(4,5)6/h21,25-28H,13-20,22H2,1-12H3/b32-24+. The summed E-state index contributed by atoms with van der Waals surface area (Å²) in [6.45, 7) is 26.9. The van der Waals surface area contributed by atoms with Gasteiger partial charge in [0, 0.05) is 5.41 Å². The molecule has 0 amide bonds. The maximum absolute atomic E-state index is 7.52. The topological polar surface area (TPSA) is 49.3 Å². The van der Waals surface area contributed by atoms with Crippen LogP contribution in [0.25, 0.3) is 0 Å². The minimum Gasteiger partial charge on any atom is -0.415 e. The van der Waals surface area contributed by atoms with Crippen LogP contribution < -0.4 is 0 Å². The Hall–Kier alpha value is -0.259. The van der Waals surface area contributed by atoms with Gasteiger partial charge in [0.05, 0.1) is 24.0 Å². The third kappa shape index (κ3) is 6.26. The Morgan fingerprint density at radius 1 is 0.846 bits per heavy atom. The van der Waals surface area contributed by atoms with Crippen LogP contribution in [0, 0.1) is 28.6 Å².